The summed E-state index contributed by atoms with van der Waals surface area (Å²) in [6.07, 6.45) is 7.21. The van der Waals surface area contributed by atoms with Crippen molar-refractivity contribution in [2.75, 3.05) is 57.3 Å². The minimum absolute atomic E-state index is 0.113. The minimum atomic E-state index is 0.113. The zero-order valence-electron chi connectivity index (χ0n) is 14.3. The van der Waals surface area contributed by atoms with Crippen molar-refractivity contribution in [3.05, 3.63) is 18.5 Å². The van der Waals surface area contributed by atoms with Gasteiger partial charge >= 0.3 is 0 Å². The number of nitrogens with one attached hydrogen (secondary N) is 2. The van der Waals surface area contributed by atoms with Crippen LogP contribution in [0.5, 0.6) is 0 Å². The monoisotopic (exact) mass is 332 g/mol. The van der Waals surface area contributed by atoms with E-state index in [1.807, 2.05) is 6.07 Å². The molecule has 1 aliphatic heterocycles. The summed E-state index contributed by atoms with van der Waals surface area (Å²) in [6.45, 7) is 7.19. The van der Waals surface area contributed by atoms with Gasteiger partial charge in [0.1, 0.15) is 0 Å². The number of aromatic nitrogens is 2. The largest absolute Gasteiger partial charge is 0.355 e. The van der Waals surface area contributed by atoms with E-state index in [1.54, 1.807) is 12.4 Å². The standard InChI is InChI=1S/C17H28N6O/c24-16(14-18-13-15-3-4-15)19-7-2-8-22-9-11-23(12-10-22)17-20-5-1-6-21-17/h1,5-6,15,18H,2-4,7-14H2,(H,19,24). The Labute approximate surface area is 143 Å². The van der Waals surface area contributed by atoms with Gasteiger partial charge in [0.15, 0.2) is 0 Å². The molecule has 2 heterocycles. The van der Waals surface area contributed by atoms with Crippen molar-refractivity contribution < 1.29 is 4.79 Å². The van der Waals surface area contributed by atoms with Gasteiger partial charge in [-0.3, -0.25) is 9.69 Å². The number of rotatable bonds is 9. The number of carbonyl (C=O) groups excluding carboxylic acids is 1. The van der Waals surface area contributed by atoms with Gasteiger partial charge in [0.05, 0.1) is 6.54 Å². The molecular weight excluding hydrogens is 304 g/mol. The lowest BCUT2D eigenvalue weighted by Gasteiger charge is -2.34. The molecule has 1 amide bonds. The van der Waals surface area contributed by atoms with Gasteiger partial charge in [0.2, 0.25) is 11.9 Å². The number of hydrogen-bond donors (Lipinski definition) is 2. The average Bonchev–Trinajstić information content (AvgIpc) is 3.44. The normalized spacial score (nSPS) is 18.6. The van der Waals surface area contributed by atoms with Gasteiger partial charge < -0.3 is 15.5 Å². The van der Waals surface area contributed by atoms with Gasteiger partial charge in [-0.1, -0.05) is 0 Å². The third kappa shape index (κ3) is 5.72. The zero-order valence-corrected chi connectivity index (χ0v) is 14.3. The number of amides is 1. The van der Waals surface area contributed by atoms with Crippen molar-refractivity contribution in [3.8, 4) is 0 Å². The number of carbonyl (C=O) groups is 1. The maximum absolute atomic E-state index is 11.7. The van der Waals surface area contributed by atoms with E-state index in [1.165, 1.54) is 12.8 Å². The van der Waals surface area contributed by atoms with Crippen LogP contribution >= 0.6 is 0 Å². The van der Waals surface area contributed by atoms with E-state index in [2.05, 4.69) is 30.4 Å². The molecule has 0 radical (unpaired) electrons. The van der Waals surface area contributed by atoms with E-state index in [-0.39, 0.29) is 5.91 Å². The van der Waals surface area contributed by atoms with E-state index in [4.69, 9.17) is 0 Å². The van der Waals surface area contributed by atoms with E-state index in [0.717, 1.165) is 64.1 Å². The van der Waals surface area contributed by atoms with Crippen molar-refractivity contribution in [3.63, 3.8) is 0 Å². The van der Waals surface area contributed by atoms with Gasteiger partial charge in [-0.25, -0.2) is 9.97 Å². The molecule has 2 aliphatic rings. The first-order chi connectivity index (χ1) is 11.8. The molecule has 2 N–H and O–H groups in total. The Morgan fingerprint density at radius 2 is 1.92 bits per heavy atom. The van der Waals surface area contributed by atoms with E-state index < -0.39 is 0 Å². The van der Waals surface area contributed by atoms with Crippen LogP contribution in [-0.4, -0.2) is 73.1 Å². The Bertz CT molecular complexity index is 499. The van der Waals surface area contributed by atoms with Crippen LogP contribution in [0.4, 0.5) is 5.95 Å². The highest BCUT2D eigenvalue weighted by molar-refractivity contribution is 5.77. The van der Waals surface area contributed by atoms with Crippen LogP contribution in [0.2, 0.25) is 0 Å². The molecule has 0 atom stereocenters. The third-order valence-corrected chi connectivity index (χ3v) is 4.60. The Hall–Kier alpha value is -1.73. The highest BCUT2D eigenvalue weighted by Crippen LogP contribution is 2.27. The molecule has 1 aromatic rings. The molecule has 24 heavy (non-hydrogen) atoms. The van der Waals surface area contributed by atoms with Crippen LogP contribution in [0, 0.1) is 5.92 Å². The maximum atomic E-state index is 11.7. The number of anilines is 1. The molecule has 1 saturated heterocycles. The summed E-state index contributed by atoms with van der Waals surface area (Å²) in [7, 11) is 0. The fraction of sp³-hybridized carbons (Fsp3) is 0.706. The van der Waals surface area contributed by atoms with Crippen molar-refractivity contribution in [1.82, 2.24) is 25.5 Å². The van der Waals surface area contributed by atoms with Gasteiger partial charge in [-0.15, -0.1) is 0 Å². The maximum Gasteiger partial charge on any atom is 0.233 e. The number of piperazine rings is 1. The summed E-state index contributed by atoms with van der Waals surface area (Å²) >= 11 is 0. The fourth-order valence-corrected chi connectivity index (χ4v) is 2.93. The first kappa shape index (κ1) is 17.1. The Morgan fingerprint density at radius 3 is 2.62 bits per heavy atom. The van der Waals surface area contributed by atoms with Gasteiger partial charge in [-0.2, -0.15) is 0 Å². The highest BCUT2D eigenvalue weighted by atomic mass is 16.1. The van der Waals surface area contributed by atoms with Crippen LogP contribution < -0.4 is 15.5 Å². The summed E-state index contributed by atoms with van der Waals surface area (Å²) in [5.74, 6) is 1.75. The second-order valence-electron chi connectivity index (χ2n) is 6.66. The number of nitrogens with zero attached hydrogens (tertiary/aromatic N) is 4. The van der Waals surface area contributed by atoms with Gasteiger partial charge in [0.25, 0.3) is 0 Å². The quantitative estimate of drug-likeness (QED) is 0.625. The van der Waals surface area contributed by atoms with Crippen LogP contribution in [-0.2, 0) is 4.79 Å². The second kappa shape index (κ2) is 8.94. The predicted octanol–water partition coefficient (Wildman–Crippen LogP) is 0.105. The molecule has 0 aromatic carbocycles. The van der Waals surface area contributed by atoms with E-state index in [0.29, 0.717) is 6.54 Å². The fourth-order valence-electron chi connectivity index (χ4n) is 2.93. The summed E-state index contributed by atoms with van der Waals surface area (Å²) in [6, 6.07) is 1.84. The zero-order chi connectivity index (χ0) is 16.6. The van der Waals surface area contributed by atoms with Crippen LogP contribution in [0.25, 0.3) is 0 Å². The van der Waals surface area contributed by atoms with Crippen LogP contribution in [0.3, 0.4) is 0 Å². The average molecular weight is 332 g/mol. The topological polar surface area (TPSA) is 73.4 Å². The van der Waals surface area contributed by atoms with Crippen LogP contribution in [0.15, 0.2) is 18.5 Å². The first-order valence-electron chi connectivity index (χ1n) is 9.03. The van der Waals surface area contributed by atoms with Crippen molar-refractivity contribution in [2.24, 2.45) is 5.92 Å². The smallest absolute Gasteiger partial charge is 0.233 e. The predicted molar refractivity (Wildman–Crippen MR) is 93.9 cm³/mol. The van der Waals surface area contributed by atoms with E-state index in [9.17, 15) is 4.79 Å². The molecule has 1 aliphatic carbocycles. The summed E-state index contributed by atoms with van der Waals surface area (Å²) in [5.41, 5.74) is 0. The second-order valence-corrected chi connectivity index (χ2v) is 6.66. The Morgan fingerprint density at radius 1 is 1.17 bits per heavy atom. The van der Waals surface area contributed by atoms with Crippen LogP contribution in [0.1, 0.15) is 19.3 Å². The molecule has 1 saturated carbocycles. The molecule has 2 fully saturated rings. The molecule has 3 rings (SSSR count). The summed E-state index contributed by atoms with van der Waals surface area (Å²) in [5, 5.41) is 6.21. The third-order valence-electron chi connectivity index (χ3n) is 4.60. The minimum Gasteiger partial charge on any atom is -0.355 e. The summed E-state index contributed by atoms with van der Waals surface area (Å²) < 4.78 is 0. The van der Waals surface area contributed by atoms with E-state index >= 15 is 0 Å². The molecule has 0 spiro atoms. The van der Waals surface area contributed by atoms with Crippen molar-refractivity contribution in [1.29, 1.82) is 0 Å². The Kier molecular flexibility index (Phi) is 6.37. The molecule has 0 bridgehead atoms. The van der Waals surface area contributed by atoms with Crippen molar-refractivity contribution in [2.45, 2.75) is 19.3 Å². The highest BCUT2D eigenvalue weighted by Gasteiger charge is 2.20. The lowest BCUT2D eigenvalue weighted by molar-refractivity contribution is -0.120. The molecule has 7 nitrogen and oxygen atoms in total. The molecule has 0 unspecified atom stereocenters. The summed E-state index contributed by atoms with van der Waals surface area (Å²) in [4.78, 5) is 25.0. The molecule has 132 valence electrons. The number of hydrogen-bond acceptors (Lipinski definition) is 6. The van der Waals surface area contributed by atoms with Gasteiger partial charge in [-0.05, 0) is 44.3 Å². The molecular formula is C17H28N6O. The molecule has 7 heteroatoms. The lowest BCUT2D eigenvalue weighted by Crippen LogP contribution is -2.47. The van der Waals surface area contributed by atoms with Gasteiger partial charge in [0, 0.05) is 45.1 Å². The lowest BCUT2D eigenvalue weighted by atomic mass is 10.3. The SMILES string of the molecule is O=C(CNCC1CC1)NCCCN1CCN(c2ncccn2)CC1. The first-order valence-corrected chi connectivity index (χ1v) is 9.03. The Balaban J connectivity index is 1.22. The van der Waals surface area contributed by atoms with Crippen molar-refractivity contribution >= 4 is 11.9 Å². The molecule has 1 aromatic heterocycles.